The van der Waals surface area contributed by atoms with E-state index in [2.05, 4.69) is 19.8 Å². The van der Waals surface area contributed by atoms with Crippen LogP contribution in [0.2, 0.25) is 0 Å². The molecule has 3 heterocycles. The predicted octanol–water partition coefficient (Wildman–Crippen LogP) is 1.39. The Labute approximate surface area is 155 Å². The number of nitrogens with two attached hydrogens (primary N) is 1. The highest BCUT2D eigenvalue weighted by atomic mass is 32.1. The van der Waals surface area contributed by atoms with Crippen LogP contribution in [0.1, 0.15) is 0 Å². The predicted molar refractivity (Wildman–Crippen MR) is 100 cm³/mol. The molecular formula is C17H21N5O3S. The lowest BCUT2D eigenvalue weighted by Crippen LogP contribution is -2.51. The van der Waals surface area contributed by atoms with Gasteiger partial charge in [0.15, 0.2) is 22.6 Å². The molecule has 0 aliphatic carbocycles. The minimum Gasteiger partial charge on any atom is -0.492 e. The molecule has 0 atom stereocenters. The summed E-state index contributed by atoms with van der Waals surface area (Å²) in [7, 11) is 0. The van der Waals surface area contributed by atoms with Crippen molar-refractivity contribution in [3.63, 3.8) is 0 Å². The van der Waals surface area contributed by atoms with Gasteiger partial charge in [-0.1, -0.05) is 0 Å². The van der Waals surface area contributed by atoms with E-state index >= 15 is 0 Å². The van der Waals surface area contributed by atoms with Gasteiger partial charge in [0.05, 0.1) is 6.54 Å². The van der Waals surface area contributed by atoms with Gasteiger partial charge in [0.1, 0.15) is 12.4 Å². The molecule has 1 saturated heterocycles. The van der Waals surface area contributed by atoms with Gasteiger partial charge in [-0.05, 0) is 12.1 Å². The number of aromatic nitrogens is 1. The van der Waals surface area contributed by atoms with Crippen molar-refractivity contribution >= 4 is 22.4 Å². The van der Waals surface area contributed by atoms with E-state index in [1.54, 1.807) is 11.3 Å². The number of guanidine groups is 1. The minimum absolute atomic E-state index is 0.259. The van der Waals surface area contributed by atoms with Crippen LogP contribution >= 0.6 is 11.3 Å². The molecular weight excluding hydrogens is 354 g/mol. The molecule has 8 nitrogen and oxygen atoms in total. The standard InChI is InChI=1S/C17H21N5O3S/c18-16(21-5-7-22(8-6-21)17-20-4-10-26-17)19-3-9-23-13-1-2-14-15(11-13)25-12-24-14/h1-2,4,10-11H,3,5-9,12H2,(H2,18,19). The summed E-state index contributed by atoms with van der Waals surface area (Å²) >= 11 is 1.66. The second-order valence-corrected chi connectivity index (χ2v) is 6.77. The Bertz CT molecular complexity index is 760. The first-order valence-electron chi connectivity index (χ1n) is 8.51. The molecule has 0 saturated carbocycles. The molecule has 9 heteroatoms. The van der Waals surface area contributed by atoms with Crippen LogP contribution in [0, 0.1) is 0 Å². The number of rotatable bonds is 5. The van der Waals surface area contributed by atoms with Crippen molar-refractivity contribution in [1.82, 2.24) is 9.88 Å². The lowest BCUT2D eigenvalue weighted by Gasteiger charge is -2.35. The van der Waals surface area contributed by atoms with E-state index in [0.717, 1.165) is 42.8 Å². The van der Waals surface area contributed by atoms with Gasteiger partial charge in [0, 0.05) is 43.8 Å². The fraction of sp³-hybridized carbons (Fsp3) is 0.412. The molecule has 2 aliphatic rings. The fourth-order valence-electron chi connectivity index (χ4n) is 2.89. The van der Waals surface area contributed by atoms with Crippen molar-refractivity contribution in [3.8, 4) is 17.2 Å². The second-order valence-electron chi connectivity index (χ2n) is 5.89. The molecule has 0 unspecified atom stereocenters. The van der Waals surface area contributed by atoms with Crippen LogP contribution in [0.15, 0.2) is 34.8 Å². The average Bonchev–Trinajstić information content (AvgIpc) is 3.36. The highest BCUT2D eigenvalue weighted by Gasteiger charge is 2.19. The molecule has 26 heavy (non-hydrogen) atoms. The number of hydrogen-bond donors (Lipinski definition) is 1. The number of hydrogen-bond acceptors (Lipinski definition) is 7. The van der Waals surface area contributed by atoms with Crippen molar-refractivity contribution in [1.29, 1.82) is 0 Å². The normalized spacial score (nSPS) is 16.8. The summed E-state index contributed by atoms with van der Waals surface area (Å²) in [4.78, 5) is 13.2. The number of thiazole rings is 1. The average molecular weight is 375 g/mol. The van der Waals surface area contributed by atoms with Crippen molar-refractivity contribution in [2.75, 3.05) is 51.0 Å². The summed E-state index contributed by atoms with van der Waals surface area (Å²) < 4.78 is 16.3. The molecule has 4 rings (SSSR count). The lowest BCUT2D eigenvalue weighted by atomic mass is 10.3. The van der Waals surface area contributed by atoms with Gasteiger partial charge in [0.2, 0.25) is 6.79 Å². The zero-order valence-electron chi connectivity index (χ0n) is 14.3. The van der Waals surface area contributed by atoms with E-state index in [4.69, 9.17) is 19.9 Å². The first-order valence-corrected chi connectivity index (χ1v) is 9.39. The smallest absolute Gasteiger partial charge is 0.231 e. The lowest BCUT2D eigenvalue weighted by molar-refractivity contribution is 0.173. The zero-order chi connectivity index (χ0) is 17.8. The molecule has 0 bridgehead atoms. The van der Waals surface area contributed by atoms with E-state index in [1.807, 2.05) is 29.8 Å². The Balaban J connectivity index is 1.22. The molecule has 138 valence electrons. The highest BCUT2D eigenvalue weighted by molar-refractivity contribution is 7.13. The third-order valence-corrected chi connectivity index (χ3v) is 5.10. The summed E-state index contributed by atoms with van der Waals surface area (Å²) in [5.74, 6) is 2.76. The number of anilines is 1. The van der Waals surface area contributed by atoms with Crippen LogP contribution in [-0.2, 0) is 0 Å². The summed E-state index contributed by atoms with van der Waals surface area (Å²) in [5.41, 5.74) is 6.12. The Hall–Kier alpha value is -2.68. The minimum atomic E-state index is 0.259. The number of aliphatic imine (C=N–C) groups is 1. The van der Waals surface area contributed by atoms with Gasteiger partial charge in [-0.25, -0.2) is 9.98 Å². The molecule has 0 amide bonds. The van der Waals surface area contributed by atoms with Crippen LogP contribution in [0.5, 0.6) is 17.2 Å². The third-order valence-electron chi connectivity index (χ3n) is 4.27. The first kappa shape index (κ1) is 16.8. The second kappa shape index (κ2) is 7.69. The van der Waals surface area contributed by atoms with Crippen LogP contribution in [-0.4, -0.2) is 62.0 Å². The quantitative estimate of drug-likeness (QED) is 0.480. The zero-order valence-corrected chi connectivity index (χ0v) is 15.2. The van der Waals surface area contributed by atoms with Gasteiger partial charge >= 0.3 is 0 Å². The maximum Gasteiger partial charge on any atom is 0.231 e. The van der Waals surface area contributed by atoms with Crippen molar-refractivity contribution in [3.05, 3.63) is 29.8 Å². The highest BCUT2D eigenvalue weighted by Crippen LogP contribution is 2.35. The van der Waals surface area contributed by atoms with Crippen molar-refractivity contribution in [2.24, 2.45) is 10.7 Å². The van der Waals surface area contributed by atoms with Gasteiger partial charge < -0.3 is 29.7 Å². The van der Waals surface area contributed by atoms with E-state index in [0.29, 0.717) is 24.9 Å². The number of fused-ring (bicyclic) bond motifs is 1. The molecule has 1 aromatic heterocycles. The molecule has 1 aromatic carbocycles. The number of benzene rings is 1. The van der Waals surface area contributed by atoms with Crippen LogP contribution in [0.3, 0.4) is 0 Å². The van der Waals surface area contributed by atoms with Gasteiger partial charge in [-0.3, -0.25) is 0 Å². The van der Waals surface area contributed by atoms with Gasteiger partial charge in [-0.15, -0.1) is 11.3 Å². The fourth-order valence-corrected chi connectivity index (χ4v) is 3.59. The van der Waals surface area contributed by atoms with Gasteiger partial charge in [0.25, 0.3) is 0 Å². The summed E-state index contributed by atoms with van der Waals surface area (Å²) in [6.07, 6.45) is 1.84. The maximum absolute atomic E-state index is 6.12. The SMILES string of the molecule is NC(=NCCOc1ccc2c(c1)OCO2)N1CCN(c2nccs2)CC1. The topological polar surface area (TPSA) is 85.4 Å². The van der Waals surface area contributed by atoms with E-state index in [9.17, 15) is 0 Å². The van der Waals surface area contributed by atoms with E-state index in [-0.39, 0.29) is 6.79 Å². The maximum atomic E-state index is 6.12. The number of nitrogens with zero attached hydrogens (tertiary/aromatic N) is 4. The van der Waals surface area contributed by atoms with Gasteiger partial charge in [-0.2, -0.15) is 0 Å². The van der Waals surface area contributed by atoms with E-state index < -0.39 is 0 Å². The summed E-state index contributed by atoms with van der Waals surface area (Å²) in [6, 6.07) is 5.53. The van der Waals surface area contributed by atoms with Crippen LogP contribution in [0.4, 0.5) is 5.13 Å². The Morgan fingerprint density at radius 2 is 2.08 bits per heavy atom. The first-order chi connectivity index (χ1) is 12.8. The molecule has 2 aliphatic heterocycles. The summed E-state index contributed by atoms with van der Waals surface area (Å²) in [6.45, 7) is 4.71. The largest absolute Gasteiger partial charge is 0.492 e. The molecule has 0 radical (unpaired) electrons. The molecule has 1 fully saturated rings. The Kier molecular flexibility index (Phi) is 4.96. The summed E-state index contributed by atoms with van der Waals surface area (Å²) in [5, 5.41) is 3.06. The molecule has 0 spiro atoms. The molecule has 2 N–H and O–H groups in total. The number of ether oxygens (including phenoxy) is 3. The van der Waals surface area contributed by atoms with Crippen LogP contribution in [0.25, 0.3) is 0 Å². The Morgan fingerprint density at radius 3 is 2.88 bits per heavy atom. The van der Waals surface area contributed by atoms with E-state index in [1.165, 1.54) is 0 Å². The van der Waals surface area contributed by atoms with Crippen molar-refractivity contribution < 1.29 is 14.2 Å². The Morgan fingerprint density at radius 1 is 1.23 bits per heavy atom. The monoisotopic (exact) mass is 375 g/mol. The van der Waals surface area contributed by atoms with Crippen LogP contribution < -0.4 is 24.8 Å². The number of piperazine rings is 1. The third kappa shape index (κ3) is 3.77. The van der Waals surface area contributed by atoms with Crippen molar-refractivity contribution in [2.45, 2.75) is 0 Å². The molecule has 2 aromatic rings.